The Labute approximate surface area is 165 Å². The van der Waals surface area contributed by atoms with Crippen molar-refractivity contribution in [1.82, 2.24) is 19.5 Å². The maximum Gasteiger partial charge on any atom is 0.327 e. The van der Waals surface area contributed by atoms with E-state index in [4.69, 9.17) is 10.5 Å². The molecular weight excluding hydrogens is 370 g/mol. The minimum atomic E-state index is -0.718. The van der Waals surface area contributed by atoms with Gasteiger partial charge < -0.3 is 15.5 Å². The average Bonchev–Trinajstić information content (AvgIpc) is 3.35. The van der Waals surface area contributed by atoms with Crippen LogP contribution >= 0.6 is 0 Å². The Morgan fingerprint density at radius 1 is 1.21 bits per heavy atom. The van der Waals surface area contributed by atoms with Crippen LogP contribution in [0.15, 0.2) is 47.3 Å². The second-order valence-corrected chi connectivity index (χ2v) is 7.16. The quantitative estimate of drug-likeness (QED) is 0.555. The Morgan fingerprint density at radius 3 is 2.83 bits per heavy atom. The molecular formula is C21H19N5O3. The standard InChI is InChI=1S/C21H19N5O3/c22-18(27)16-17-20(26(21(28)24-17)11-13-7-4-10-29-13)25-19(23-16)15-9-3-6-12-5-1-2-8-14(12)15/h1-3,5-6,8-9,13H,4,7,10-11H2,(H2,22,27)(H,24,28)/t13-/m0/s1. The molecule has 0 unspecified atom stereocenters. The number of ether oxygens (including phenoxy) is 1. The van der Waals surface area contributed by atoms with Crippen molar-refractivity contribution in [1.29, 1.82) is 0 Å². The summed E-state index contributed by atoms with van der Waals surface area (Å²) in [6.07, 6.45) is 1.79. The van der Waals surface area contributed by atoms with Gasteiger partial charge in [0.15, 0.2) is 17.2 Å². The summed E-state index contributed by atoms with van der Waals surface area (Å²) < 4.78 is 7.18. The average molecular weight is 389 g/mol. The third kappa shape index (κ3) is 2.98. The maximum atomic E-state index is 12.6. The van der Waals surface area contributed by atoms with Gasteiger partial charge in [-0.3, -0.25) is 9.36 Å². The summed E-state index contributed by atoms with van der Waals surface area (Å²) in [4.78, 5) is 36.5. The number of nitrogens with one attached hydrogen (secondary N) is 1. The highest BCUT2D eigenvalue weighted by molar-refractivity contribution is 6.03. The number of hydrogen-bond donors (Lipinski definition) is 2. The number of carbonyl (C=O) groups is 1. The van der Waals surface area contributed by atoms with Gasteiger partial charge in [-0.15, -0.1) is 0 Å². The van der Waals surface area contributed by atoms with Gasteiger partial charge in [0.25, 0.3) is 5.91 Å². The van der Waals surface area contributed by atoms with Crippen LogP contribution in [0.1, 0.15) is 23.3 Å². The number of fused-ring (bicyclic) bond motifs is 2. The lowest BCUT2D eigenvalue weighted by Crippen LogP contribution is -2.24. The van der Waals surface area contributed by atoms with Crippen LogP contribution in [0.2, 0.25) is 0 Å². The molecule has 1 saturated heterocycles. The van der Waals surface area contributed by atoms with Gasteiger partial charge in [0.1, 0.15) is 5.52 Å². The van der Waals surface area contributed by atoms with E-state index in [-0.39, 0.29) is 23.0 Å². The fourth-order valence-electron chi connectivity index (χ4n) is 3.91. The van der Waals surface area contributed by atoms with Gasteiger partial charge in [0, 0.05) is 12.2 Å². The van der Waals surface area contributed by atoms with Gasteiger partial charge in [-0.1, -0.05) is 42.5 Å². The molecule has 1 atom stereocenters. The zero-order valence-electron chi connectivity index (χ0n) is 15.6. The number of imidazole rings is 1. The van der Waals surface area contributed by atoms with Crippen molar-refractivity contribution in [3.05, 3.63) is 58.6 Å². The Balaban J connectivity index is 1.76. The maximum absolute atomic E-state index is 12.6. The highest BCUT2D eigenvalue weighted by atomic mass is 16.5. The van der Waals surface area contributed by atoms with E-state index in [1.54, 1.807) is 0 Å². The fourth-order valence-corrected chi connectivity index (χ4v) is 3.91. The number of carbonyl (C=O) groups excluding carboxylic acids is 1. The summed E-state index contributed by atoms with van der Waals surface area (Å²) >= 11 is 0. The van der Waals surface area contributed by atoms with Gasteiger partial charge in [-0.25, -0.2) is 14.8 Å². The predicted octanol–water partition coefficient (Wildman–Crippen LogP) is 2.22. The topological polar surface area (TPSA) is 116 Å². The van der Waals surface area contributed by atoms with E-state index in [0.29, 0.717) is 24.6 Å². The summed E-state index contributed by atoms with van der Waals surface area (Å²) in [5.74, 6) is -0.368. The molecule has 146 valence electrons. The van der Waals surface area contributed by atoms with Crippen LogP contribution in [0.25, 0.3) is 33.3 Å². The van der Waals surface area contributed by atoms with Crippen molar-refractivity contribution in [2.75, 3.05) is 6.61 Å². The molecule has 1 amide bonds. The largest absolute Gasteiger partial charge is 0.376 e. The molecule has 0 radical (unpaired) electrons. The molecule has 29 heavy (non-hydrogen) atoms. The van der Waals surface area contributed by atoms with Crippen molar-refractivity contribution < 1.29 is 9.53 Å². The number of benzene rings is 2. The van der Waals surface area contributed by atoms with E-state index in [0.717, 1.165) is 29.2 Å². The summed E-state index contributed by atoms with van der Waals surface area (Å²) in [6, 6.07) is 13.7. The molecule has 0 saturated carbocycles. The molecule has 1 aliphatic rings. The fraction of sp³-hybridized carbons (Fsp3) is 0.238. The van der Waals surface area contributed by atoms with Crippen LogP contribution in [0, 0.1) is 0 Å². The molecule has 0 bridgehead atoms. The normalized spacial score (nSPS) is 16.6. The van der Waals surface area contributed by atoms with E-state index >= 15 is 0 Å². The number of nitrogens with zero attached hydrogens (tertiary/aromatic N) is 3. The number of primary amides is 1. The predicted molar refractivity (Wildman–Crippen MR) is 109 cm³/mol. The molecule has 1 aliphatic heterocycles. The Kier molecular flexibility index (Phi) is 4.13. The summed E-state index contributed by atoms with van der Waals surface area (Å²) in [5, 5.41) is 1.98. The minimum Gasteiger partial charge on any atom is -0.376 e. The third-order valence-corrected chi connectivity index (χ3v) is 5.30. The minimum absolute atomic E-state index is 0.00104. The highest BCUT2D eigenvalue weighted by Gasteiger charge is 2.23. The molecule has 8 nitrogen and oxygen atoms in total. The number of hydrogen-bond acceptors (Lipinski definition) is 5. The zero-order valence-corrected chi connectivity index (χ0v) is 15.6. The van der Waals surface area contributed by atoms with Crippen molar-refractivity contribution in [2.45, 2.75) is 25.5 Å². The Hall–Kier alpha value is -3.52. The summed E-state index contributed by atoms with van der Waals surface area (Å²) in [6.45, 7) is 1.05. The van der Waals surface area contributed by atoms with Gasteiger partial charge in [0.2, 0.25) is 0 Å². The number of nitrogens with two attached hydrogens (primary N) is 1. The SMILES string of the molecule is NC(=O)c1nc(-c2cccc3ccccc23)nc2c1[nH]c(=O)n2C[C@@H]1CCCO1. The van der Waals surface area contributed by atoms with Crippen LogP contribution in [0.4, 0.5) is 0 Å². The molecule has 4 aromatic rings. The Morgan fingerprint density at radius 2 is 2.03 bits per heavy atom. The van der Waals surface area contributed by atoms with Crippen molar-refractivity contribution >= 4 is 27.8 Å². The number of aromatic amines is 1. The van der Waals surface area contributed by atoms with E-state index < -0.39 is 5.91 Å². The molecule has 3 N–H and O–H groups in total. The number of H-pyrrole nitrogens is 1. The van der Waals surface area contributed by atoms with Crippen LogP contribution in [-0.2, 0) is 11.3 Å². The monoisotopic (exact) mass is 389 g/mol. The lowest BCUT2D eigenvalue weighted by atomic mass is 10.0. The van der Waals surface area contributed by atoms with E-state index in [1.165, 1.54) is 4.57 Å². The highest BCUT2D eigenvalue weighted by Crippen LogP contribution is 2.28. The second-order valence-electron chi connectivity index (χ2n) is 7.16. The molecule has 0 aliphatic carbocycles. The van der Waals surface area contributed by atoms with Gasteiger partial charge >= 0.3 is 5.69 Å². The first-order valence-corrected chi connectivity index (χ1v) is 9.52. The van der Waals surface area contributed by atoms with E-state index in [9.17, 15) is 9.59 Å². The molecule has 2 aromatic heterocycles. The number of rotatable bonds is 4. The summed E-state index contributed by atoms with van der Waals surface area (Å²) in [5.41, 5.74) is 6.60. The molecule has 8 heteroatoms. The third-order valence-electron chi connectivity index (χ3n) is 5.30. The second kappa shape index (κ2) is 6.82. The van der Waals surface area contributed by atoms with Gasteiger partial charge in [0.05, 0.1) is 12.6 Å². The molecule has 3 heterocycles. The van der Waals surface area contributed by atoms with Crippen LogP contribution in [0.3, 0.4) is 0 Å². The van der Waals surface area contributed by atoms with Crippen molar-refractivity contribution in [3.8, 4) is 11.4 Å². The number of aromatic nitrogens is 4. The van der Waals surface area contributed by atoms with Crippen LogP contribution in [-0.4, -0.2) is 38.1 Å². The van der Waals surface area contributed by atoms with Gasteiger partial charge in [-0.05, 0) is 23.6 Å². The van der Waals surface area contributed by atoms with Gasteiger partial charge in [-0.2, -0.15) is 0 Å². The Bertz CT molecular complexity index is 1300. The van der Waals surface area contributed by atoms with Crippen molar-refractivity contribution in [2.24, 2.45) is 5.73 Å². The summed E-state index contributed by atoms with van der Waals surface area (Å²) in [7, 11) is 0. The molecule has 0 spiro atoms. The van der Waals surface area contributed by atoms with Crippen molar-refractivity contribution in [3.63, 3.8) is 0 Å². The smallest absolute Gasteiger partial charge is 0.327 e. The molecule has 5 rings (SSSR count). The van der Waals surface area contributed by atoms with Crippen LogP contribution in [0.5, 0.6) is 0 Å². The van der Waals surface area contributed by atoms with Crippen LogP contribution < -0.4 is 11.4 Å². The first kappa shape index (κ1) is 17.6. The zero-order chi connectivity index (χ0) is 20.0. The van der Waals surface area contributed by atoms with E-state index in [1.807, 2.05) is 42.5 Å². The first-order chi connectivity index (χ1) is 14.1. The number of amides is 1. The molecule has 1 fully saturated rings. The lowest BCUT2D eigenvalue weighted by molar-refractivity contribution is 0.0970. The van der Waals surface area contributed by atoms with E-state index in [2.05, 4.69) is 15.0 Å². The lowest BCUT2D eigenvalue weighted by Gasteiger charge is -2.11. The first-order valence-electron chi connectivity index (χ1n) is 9.52. The molecule has 2 aromatic carbocycles.